The predicted molar refractivity (Wildman–Crippen MR) is 97.8 cm³/mol. The van der Waals surface area contributed by atoms with Gasteiger partial charge in [-0.1, -0.05) is 32.4 Å². The first-order chi connectivity index (χ1) is 11.4. The Hall–Kier alpha value is -0.340. The van der Waals surface area contributed by atoms with Crippen LogP contribution in [0.1, 0.15) is 65.7 Å². The molecule has 0 spiro atoms. The molecule has 0 bridgehead atoms. The highest BCUT2D eigenvalue weighted by Crippen LogP contribution is 2.66. The van der Waals surface area contributed by atoms with Crippen LogP contribution in [0.15, 0.2) is 11.6 Å². The van der Waals surface area contributed by atoms with Crippen LogP contribution in [-0.2, 0) is 9.47 Å². The van der Waals surface area contributed by atoms with Crippen molar-refractivity contribution in [3.8, 4) is 0 Å². The number of fused-ring (bicyclic) bond motifs is 5. The summed E-state index contributed by atoms with van der Waals surface area (Å²) in [7, 11) is 3.81. The lowest BCUT2D eigenvalue weighted by Gasteiger charge is -2.59. The smallest absolute Gasteiger partial charge is 0.0788 e. The summed E-state index contributed by atoms with van der Waals surface area (Å²) in [5.41, 5.74) is 2.58. The molecule has 0 heterocycles. The van der Waals surface area contributed by atoms with Crippen LogP contribution >= 0.6 is 0 Å². The van der Waals surface area contributed by atoms with Gasteiger partial charge in [0.25, 0.3) is 0 Å². The van der Waals surface area contributed by atoms with Gasteiger partial charge in [-0.2, -0.15) is 0 Å². The van der Waals surface area contributed by atoms with Crippen molar-refractivity contribution in [2.45, 2.75) is 77.9 Å². The SMILES string of the molecule is COC1CCC2(C)C(=CC(OC)C3C2CCC2(C)C(C)CCC32)C1. The first-order valence-corrected chi connectivity index (χ1v) is 10.2. The lowest BCUT2D eigenvalue weighted by atomic mass is 9.47. The van der Waals surface area contributed by atoms with E-state index in [4.69, 9.17) is 9.47 Å². The fraction of sp³-hybridized carbons (Fsp3) is 0.909. The van der Waals surface area contributed by atoms with E-state index in [0.717, 1.165) is 30.1 Å². The number of hydrogen-bond donors (Lipinski definition) is 0. The first-order valence-electron chi connectivity index (χ1n) is 10.2. The summed E-state index contributed by atoms with van der Waals surface area (Å²) in [6.07, 6.45) is 12.6. The second kappa shape index (κ2) is 5.84. The van der Waals surface area contributed by atoms with Crippen LogP contribution in [0, 0.1) is 34.5 Å². The summed E-state index contributed by atoms with van der Waals surface area (Å²) in [6.45, 7) is 7.65. The molecule has 4 aliphatic rings. The molecule has 4 rings (SSSR count). The number of ether oxygens (including phenoxy) is 2. The lowest BCUT2D eigenvalue weighted by molar-refractivity contribution is -0.102. The van der Waals surface area contributed by atoms with Crippen LogP contribution in [0.3, 0.4) is 0 Å². The van der Waals surface area contributed by atoms with Gasteiger partial charge in [-0.3, -0.25) is 0 Å². The molecule has 3 fully saturated rings. The molecule has 0 aromatic carbocycles. The van der Waals surface area contributed by atoms with Gasteiger partial charge in [0.2, 0.25) is 0 Å². The number of hydrogen-bond acceptors (Lipinski definition) is 2. The van der Waals surface area contributed by atoms with Gasteiger partial charge >= 0.3 is 0 Å². The minimum absolute atomic E-state index is 0.323. The van der Waals surface area contributed by atoms with E-state index in [-0.39, 0.29) is 0 Å². The van der Waals surface area contributed by atoms with Gasteiger partial charge in [-0.25, -0.2) is 0 Å². The van der Waals surface area contributed by atoms with Crippen molar-refractivity contribution in [1.29, 1.82) is 0 Å². The summed E-state index contributed by atoms with van der Waals surface area (Å²) in [5, 5.41) is 0. The largest absolute Gasteiger partial charge is 0.381 e. The van der Waals surface area contributed by atoms with E-state index in [9.17, 15) is 0 Å². The van der Waals surface area contributed by atoms with Gasteiger partial charge in [-0.05, 0) is 79.4 Å². The van der Waals surface area contributed by atoms with E-state index in [2.05, 4.69) is 26.8 Å². The van der Waals surface area contributed by atoms with Crippen molar-refractivity contribution in [1.82, 2.24) is 0 Å². The Kier molecular flexibility index (Phi) is 4.16. The van der Waals surface area contributed by atoms with E-state index in [1.165, 1.54) is 38.5 Å². The van der Waals surface area contributed by atoms with Gasteiger partial charge in [-0.15, -0.1) is 0 Å². The molecular formula is C22H36O2. The summed E-state index contributed by atoms with van der Waals surface area (Å²) in [5.74, 6) is 3.27. The quantitative estimate of drug-likeness (QED) is 0.645. The van der Waals surface area contributed by atoms with Crippen molar-refractivity contribution in [3.63, 3.8) is 0 Å². The highest BCUT2D eigenvalue weighted by molar-refractivity contribution is 5.28. The molecular weight excluding hydrogens is 296 g/mol. The maximum atomic E-state index is 6.09. The monoisotopic (exact) mass is 332 g/mol. The maximum Gasteiger partial charge on any atom is 0.0788 e. The maximum absolute atomic E-state index is 6.09. The fourth-order valence-electron chi connectivity index (χ4n) is 7.28. The van der Waals surface area contributed by atoms with Gasteiger partial charge < -0.3 is 9.47 Å². The first kappa shape index (κ1) is 17.1. The van der Waals surface area contributed by atoms with Crippen LogP contribution < -0.4 is 0 Å². The standard InChI is InChI=1S/C22H36O2/c1-14-6-7-17-20-18(9-11-21(14,17)2)22(3)10-8-16(23-4)12-15(22)13-19(20)24-5/h13-14,16-20H,6-12H2,1-5H3. The van der Waals surface area contributed by atoms with Crippen molar-refractivity contribution in [2.75, 3.05) is 14.2 Å². The van der Waals surface area contributed by atoms with Crippen molar-refractivity contribution in [3.05, 3.63) is 11.6 Å². The molecule has 0 aromatic heterocycles. The molecule has 0 aromatic rings. The molecule has 4 aliphatic carbocycles. The van der Waals surface area contributed by atoms with Crippen molar-refractivity contribution < 1.29 is 9.47 Å². The lowest BCUT2D eigenvalue weighted by Crippen LogP contribution is -2.54. The molecule has 0 amide bonds. The zero-order chi connectivity index (χ0) is 17.1. The summed E-state index contributed by atoms with van der Waals surface area (Å²) >= 11 is 0. The second-order valence-electron chi connectivity index (χ2n) is 9.72. The normalized spacial score (nSPS) is 53.8. The Labute approximate surface area is 148 Å². The van der Waals surface area contributed by atoms with Gasteiger partial charge in [0.05, 0.1) is 12.2 Å². The van der Waals surface area contributed by atoms with Crippen LogP contribution in [0.4, 0.5) is 0 Å². The highest BCUT2D eigenvalue weighted by atomic mass is 16.5. The van der Waals surface area contributed by atoms with Gasteiger partial charge in [0, 0.05) is 14.2 Å². The van der Waals surface area contributed by atoms with E-state index in [1.54, 1.807) is 5.57 Å². The third kappa shape index (κ3) is 2.21. The Bertz CT molecular complexity index is 526. The average Bonchev–Trinajstić information content (AvgIpc) is 2.89. The van der Waals surface area contributed by atoms with E-state index in [0.29, 0.717) is 23.0 Å². The number of rotatable bonds is 2. The van der Waals surface area contributed by atoms with E-state index < -0.39 is 0 Å². The summed E-state index contributed by atoms with van der Waals surface area (Å²) in [6, 6.07) is 0. The summed E-state index contributed by atoms with van der Waals surface area (Å²) in [4.78, 5) is 0. The van der Waals surface area contributed by atoms with Gasteiger partial charge in [0.1, 0.15) is 0 Å². The van der Waals surface area contributed by atoms with Gasteiger partial charge in [0.15, 0.2) is 0 Å². The number of methoxy groups -OCH3 is 2. The zero-order valence-corrected chi connectivity index (χ0v) is 16.3. The molecule has 0 radical (unpaired) electrons. The molecule has 8 atom stereocenters. The van der Waals surface area contributed by atoms with Crippen LogP contribution in [0.2, 0.25) is 0 Å². The zero-order valence-electron chi connectivity index (χ0n) is 16.3. The van der Waals surface area contributed by atoms with Crippen molar-refractivity contribution >= 4 is 0 Å². The molecule has 0 aliphatic heterocycles. The molecule has 136 valence electrons. The van der Waals surface area contributed by atoms with E-state index >= 15 is 0 Å². The summed E-state index contributed by atoms with van der Waals surface area (Å²) < 4.78 is 11.8. The Morgan fingerprint density at radius 2 is 1.75 bits per heavy atom. The molecule has 0 saturated heterocycles. The Morgan fingerprint density at radius 3 is 2.46 bits per heavy atom. The third-order valence-corrected chi connectivity index (χ3v) is 9.14. The van der Waals surface area contributed by atoms with Crippen LogP contribution in [0.25, 0.3) is 0 Å². The average molecular weight is 333 g/mol. The minimum Gasteiger partial charge on any atom is -0.381 e. The Balaban J connectivity index is 1.72. The topological polar surface area (TPSA) is 18.5 Å². The fourth-order valence-corrected chi connectivity index (χ4v) is 7.28. The second-order valence-corrected chi connectivity index (χ2v) is 9.72. The highest BCUT2D eigenvalue weighted by Gasteiger charge is 2.60. The molecule has 2 nitrogen and oxygen atoms in total. The molecule has 2 heteroatoms. The van der Waals surface area contributed by atoms with Crippen LogP contribution in [-0.4, -0.2) is 26.4 Å². The van der Waals surface area contributed by atoms with Crippen LogP contribution in [0.5, 0.6) is 0 Å². The molecule has 24 heavy (non-hydrogen) atoms. The third-order valence-electron chi connectivity index (χ3n) is 9.14. The molecule has 3 saturated carbocycles. The van der Waals surface area contributed by atoms with E-state index in [1.807, 2.05) is 14.2 Å². The molecule has 0 N–H and O–H groups in total. The van der Waals surface area contributed by atoms with Crippen molar-refractivity contribution in [2.24, 2.45) is 34.5 Å². The molecule has 8 unspecified atom stereocenters. The Morgan fingerprint density at radius 1 is 0.958 bits per heavy atom. The minimum atomic E-state index is 0.323. The predicted octanol–water partition coefficient (Wildman–Crippen LogP) is 5.23.